The molecular weight excluding hydrogens is 362 g/mol. The van der Waals surface area contributed by atoms with Crippen LogP contribution in [0.1, 0.15) is 10.4 Å². The SMILES string of the molecule is COc1cccc(C(=O)n2c(-c3cn(C)c4ccccc34)nc3ccccc32)c1. The van der Waals surface area contributed by atoms with Crippen molar-refractivity contribution < 1.29 is 9.53 Å². The standard InChI is InChI=1S/C24H19N3O2/c1-26-15-19(18-10-3-5-12-21(18)26)23-25-20-11-4-6-13-22(20)27(23)24(28)16-8-7-9-17(14-16)29-2/h3-15H,1-2H3. The fourth-order valence-corrected chi connectivity index (χ4v) is 3.82. The first-order valence-electron chi connectivity index (χ1n) is 9.38. The number of methoxy groups -OCH3 is 1. The number of benzene rings is 3. The van der Waals surface area contributed by atoms with E-state index in [2.05, 4.69) is 16.7 Å². The summed E-state index contributed by atoms with van der Waals surface area (Å²) < 4.78 is 9.07. The largest absolute Gasteiger partial charge is 0.497 e. The molecule has 2 aromatic heterocycles. The van der Waals surface area contributed by atoms with Crippen LogP contribution in [0.4, 0.5) is 0 Å². The molecule has 5 heteroatoms. The maximum Gasteiger partial charge on any atom is 0.264 e. The van der Waals surface area contributed by atoms with Crippen molar-refractivity contribution in [2.75, 3.05) is 7.11 Å². The zero-order valence-electron chi connectivity index (χ0n) is 16.2. The van der Waals surface area contributed by atoms with Gasteiger partial charge in [0.25, 0.3) is 5.91 Å². The second kappa shape index (κ2) is 6.63. The number of fused-ring (bicyclic) bond motifs is 2. The van der Waals surface area contributed by atoms with Gasteiger partial charge >= 0.3 is 0 Å². The second-order valence-corrected chi connectivity index (χ2v) is 6.97. The Morgan fingerprint density at radius 1 is 0.931 bits per heavy atom. The van der Waals surface area contributed by atoms with Crippen LogP contribution in [0.2, 0.25) is 0 Å². The molecule has 29 heavy (non-hydrogen) atoms. The Morgan fingerprint density at radius 3 is 2.52 bits per heavy atom. The van der Waals surface area contributed by atoms with Crippen molar-refractivity contribution >= 4 is 27.8 Å². The fraction of sp³-hybridized carbons (Fsp3) is 0.0833. The van der Waals surface area contributed by atoms with E-state index in [0.717, 1.165) is 27.5 Å². The van der Waals surface area contributed by atoms with Gasteiger partial charge in [-0.3, -0.25) is 9.36 Å². The first kappa shape index (κ1) is 17.3. The minimum atomic E-state index is -0.138. The smallest absolute Gasteiger partial charge is 0.264 e. The molecule has 0 atom stereocenters. The molecule has 2 heterocycles. The lowest BCUT2D eigenvalue weighted by Gasteiger charge is -2.09. The number of rotatable bonds is 3. The van der Waals surface area contributed by atoms with E-state index in [1.54, 1.807) is 23.8 Å². The highest BCUT2D eigenvalue weighted by Gasteiger charge is 2.22. The first-order valence-corrected chi connectivity index (χ1v) is 9.38. The van der Waals surface area contributed by atoms with Crippen molar-refractivity contribution in [3.63, 3.8) is 0 Å². The fourth-order valence-electron chi connectivity index (χ4n) is 3.82. The van der Waals surface area contributed by atoms with Gasteiger partial charge < -0.3 is 9.30 Å². The van der Waals surface area contributed by atoms with E-state index < -0.39 is 0 Å². The molecule has 3 aromatic carbocycles. The van der Waals surface area contributed by atoms with Crippen LogP contribution in [-0.2, 0) is 7.05 Å². The molecule has 5 rings (SSSR count). The number of carbonyl (C=O) groups is 1. The number of carbonyl (C=O) groups excluding carboxylic acids is 1. The monoisotopic (exact) mass is 381 g/mol. The van der Waals surface area contributed by atoms with Gasteiger partial charge in [0.2, 0.25) is 0 Å². The summed E-state index contributed by atoms with van der Waals surface area (Å²) in [6.07, 6.45) is 2.03. The minimum Gasteiger partial charge on any atom is -0.497 e. The Bertz CT molecular complexity index is 1380. The van der Waals surface area contributed by atoms with E-state index in [-0.39, 0.29) is 5.91 Å². The zero-order valence-corrected chi connectivity index (χ0v) is 16.2. The molecule has 5 nitrogen and oxygen atoms in total. The normalized spacial score (nSPS) is 11.2. The van der Waals surface area contributed by atoms with E-state index in [1.807, 2.05) is 61.8 Å². The van der Waals surface area contributed by atoms with Crippen LogP contribution in [0.3, 0.4) is 0 Å². The van der Waals surface area contributed by atoms with Crippen molar-refractivity contribution in [2.24, 2.45) is 7.05 Å². The molecule has 0 fully saturated rings. The molecule has 142 valence electrons. The quantitative estimate of drug-likeness (QED) is 0.447. The van der Waals surface area contributed by atoms with Gasteiger partial charge in [-0.15, -0.1) is 0 Å². The third-order valence-corrected chi connectivity index (χ3v) is 5.22. The van der Waals surface area contributed by atoms with Crippen LogP contribution in [0.5, 0.6) is 5.75 Å². The Morgan fingerprint density at radius 2 is 1.69 bits per heavy atom. The highest BCUT2D eigenvalue weighted by Crippen LogP contribution is 2.32. The lowest BCUT2D eigenvalue weighted by molar-refractivity contribution is 0.0966. The molecule has 0 aliphatic rings. The maximum atomic E-state index is 13.6. The van der Waals surface area contributed by atoms with Crippen molar-refractivity contribution in [3.05, 3.63) is 84.6 Å². The molecule has 0 N–H and O–H groups in total. The van der Waals surface area contributed by atoms with Gasteiger partial charge in [-0.25, -0.2) is 4.98 Å². The van der Waals surface area contributed by atoms with Gasteiger partial charge in [0.15, 0.2) is 0 Å². The Hall–Kier alpha value is -3.86. The average Bonchev–Trinajstić information content (AvgIpc) is 3.31. The summed E-state index contributed by atoms with van der Waals surface area (Å²) >= 11 is 0. The second-order valence-electron chi connectivity index (χ2n) is 6.97. The van der Waals surface area contributed by atoms with Gasteiger partial charge in [0, 0.05) is 35.3 Å². The topological polar surface area (TPSA) is 49.0 Å². The summed E-state index contributed by atoms with van der Waals surface area (Å²) in [4.78, 5) is 18.4. The van der Waals surface area contributed by atoms with E-state index >= 15 is 0 Å². The minimum absolute atomic E-state index is 0.138. The van der Waals surface area contributed by atoms with Crippen LogP contribution in [0.15, 0.2) is 79.0 Å². The highest BCUT2D eigenvalue weighted by molar-refractivity contribution is 6.06. The summed E-state index contributed by atoms with van der Waals surface area (Å²) in [6, 6.07) is 23.1. The summed E-state index contributed by atoms with van der Waals surface area (Å²) in [5.41, 5.74) is 4.13. The van der Waals surface area contributed by atoms with Crippen molar-refractivity contribution in [2.45, 2.75) is 0 Å². The lowest BCUT2D eigenvalue weighted by Crippen LogP contribution is -2.13. The van der Waals surface area contributed by atoms with E-state index in [1.165, 1.54) is 0 Å². The Kier molecular flexibility index (Phi) is 3.95. The summed E-state index contributed by atoms with van der Waals surface area (Å²) in [5, 5.41) is 1.06. The Balaban J connectivity index is 1.80. The van der Waals surface area contributed by atoms with Crippen LogP contribution in [-0.4, -0.2) is 27.1 Å². The number of ether oxygens (including phenoxy) is 1. The lowest BCUT2D eigenvalue weighted by atomic mass is 10.1. The van der Waals surface area contributed by atoms with Crippen molar-refractivity contribution in [3.8, 4) is 17.1 Å². The van der Waals surface area contributed by atoms with Crippen molar-refractivity contribution in [1.29, 1.82) is 0 Å². The molecule has 0 bridgehead atoms. The molecule has 0 unspecified atom stereocenters. The summed E-state index contributed by atoms with van der Waals surface area (Å²) in [6.45, 7) is 0. The predicted molar refractivity (Wildman–Crippen MR) is 114 cm³/mol. The molecule has 0 saturated heterocycles. The molecule has 0 radical (unpaired) electrons. The summed E-state index contributed by atoms with van der Waals surface area (Å²) in [5.74, 6) is 1.14. The summed E-state index contributed by atoms with van der Waals surface area (Å²) in [7, 11) is 3.60. The van der Waals surface area contributed by atoms with E-state index in [0.29, 0.717) is 17.1 Å². The average molecular weight is 381 g/mol. The molecule has 0 aliphatic heterocycles. The van der Waals surface area contributed by atoms with Gasteiger partial charge in [0.05, 0.1) is 18.1 Å². The van der Waals surface area contributed by atoms with Crippen LogP contribution in [0, 0.1) is 0 Å². The van der Waals surface area contributed by atoms with Crippen LogP contribution in [0.25, 0.3) is 33.3 Å². The number of aromatic nitrogens is 3. The number of nitrogens with zero attached hydrogens (tertiary/aromatic N) is 3. The highest BCUT2D eigenvalue weighted by atomic mass is 16.5. The third kappa shape index (κ3) is 2.70. The molecular formula is C24H19N3O2. The van der Waals surface area contributed by atoms with Crippen molar-refractivity contribution in [1.82, 2.24) is 14.1 Å². The maximum absolute atomic E-state index is 13.6. The molecule has 0 saturated carbocycles. The van der Waals surface area contributed by atoms with Crippen LogP contribution < -0.4 is 4.74 Å². The first-order chi connectivity index (χ1) is 14.2. The number of hydrogen-bond donors (Lipinski definition) is 0. The van der Waals surface area contributed by atoms with E-state index in [9.17, 15) is 4.79 Å². The van der Waals surface area contributed by atoms with Crippen LogP contribution >= 0.6 is 0 Å². The van der Waals surface area contributed by atoms with Gasteiger partial charge in [-0.1, -0.05) is 36.4 Å². The molecule has 0 aliphatic carbocycles. The van der Waals surface area contributed by atoms with Gasteiger partial charge in [-0.05, 0) is 36.4 Å². The number of imidazole rings is 1. The van der Waals surface area contributed by atoms with Gasteiger partial charge in [0.1, 0.15) is 11.6 Å². The number of para-hydroxylation sites is 3. The predicted octanol–water partition coefficient (Wildman–Crippen LogP) is 4.89. The molecule has 0 spiro atoms. The Labute approximate surface area is 167 Å². The molecule has 0 amide bonds. The third-order valence-electron chi connectivity index (χ3n) is 5.22. The van der Waals surface area contributed by atoms with Gasteiger partial charge in [-0.2, -0.15) is 0 Å². The molecule has 5 aromatic rings. The number of aryl methyl sites for hydroxylation is 1. The van der Waals surface area contributed by atoms with E-state index in [4.69, 9.17) is 9.72 Å². The number of hydrogen-bond acceptors (Lipinski definition) is 3. The zero-order chi connectivity index (χ0) is 20.0.